The molecule has 1 fully saturated rings. The summed E-state index contributed by atoms with van der Waals surface area (Å²) in [6.45, 7) is 2.76. The highest BCUT2D eigenvalue weighted by atomic mass is 35.5. The van der Waals surface area contributed by atoms with Crippen LogP contribution in [0.25, 0.3) is 0 Å². The van der Waals surface area contributed by atoms with Crippen molar-refractivity contribution >= 4 is 50.7 Å². The highest BCUT2D eigenvalue weighted by Gasteiger charge is 2.29. The molecule has 0 aromatic heterocycles. The Labute approximate surface area is 252 Å². The standard InChI is InChI=1S/C29H37Cl2N3O6S/c1-20(29(36)32-22-7-4-3-5-8-22)33(19-21-10-12-24(30)25(31)17-21)28(35)9-6-14-34(41(2,37)38)23-11-13-26-27(18-23)40-16-15-39-26/h10-13,17-18,20,22H,3-9,14-16,19H2,1-2H3,(H,32,36)/t20-/m0/s1. The molecule has 1 heterocycles. The van der Waals surface area contributed by atoms with E-state index in [9.17, 15) is 18.0 Å². The van der Waals surface area contributed by atoms with E-state index in [0.29, 0.717) is 40.4 Å². The van der Waals surface area contributed by atoms with Gasteiger partial charge in [-0.05, 0) is 56.0 Å². The molecule has 0 unspecified atom stereocenters. The number of ether oxygens (including phenoxy) is 2. The van der Waals surface area contributed by atoms with Gasteiger partial charge in [0, 0.05) is 31.6 Å². The van der Waals surface area contributed by atoms with Gasteiger partial charge in [0.2, 0.25) is 21.8 Å². The van der Waals surface area contributed by atoms with Crippen molar-refractivity contribution in [1.29, 1.82) is 0 Å². The second-order valence-electron chi connectivity index (χ2n) is 10.6. The number of carbonyl (C=O) groups excluding carboxylic acids is 2. The van der Waals surface area contributed by atoms with Crippen LogP contribution in [0.2, 0.25) is 10.0 Å². The van der Waals surface area contributed by atoms with E-state index >= 15 is 0 Å². The molecular formula is C29H37Cl2N3O6S. The van der Waals surface area contributed by atoms with Gasteiger partial charge in [0.25, 0.3) is 0 Å². The molecule has 2 amide bonds. The van der Waals surface area contributed by atoms with Crippen molar-refractivity contribution in [1.82, 2.24) is 10.2 Å². The minimum absolute atomic E-state index is 0.0406. The minimum atomic E-state index is -3.65. The zero-order valence-corrected chi connectivity index (χ0v) is 25.7. The van der Waals surface area contributed by atoms with Crippen molar-refractivity contribution in [2.75, 3.05) is 30.3 Å². The van der Waals surface area contributed by atoms with Gasteiger partial charge in [-0.25, -0.2) is 8.42 Å². The Morgan fingerprint density at radius 3 is 2.39 bits per heavy atom. The van der Waals surface area contributed by atoms with E-state index < -0.39 is 16.1 Å². The first-order valence-corrected chi connectivity index (χ1v) is 16.5. The third-order valence-corrected chi connectivity index (χ3v) is 9.35. The molecule has 1 saturated carbocycles. The molecular weight excluding hydrogens is 589 g/mol. The average molecular weight is 627 g/mol. The number of hydrogen-bond acceptors (Lipinski definition) is 6. The number of carbonyl (C=O) groups is 2. The van der Waals surface area contributed by atoms with Crippen molar-refractivity contribution in [3.8, 4) is 11.5 Å². The van der Waals surface area contributed by atoms with Gasteiger partial charge < -0.3 is 19.7 Å². The third kappa shape index (κ3) is 8.42. The van der Waals surface area contributed by atoms with Crippen LogP contribution in [0.15, 0.2) is 36.4 Å². The molecule has 1 aliphatic heterocycles. The van der Waals surface area contributed by atoms with Gasteiger partial charge in [0.15, 0.2) is 11.5 Å². The number of halogens is 2. The van der Waals surface area contributed by atoms with Crippen LogP contribution in [0.4, 0.5) is 5.69 Å². The second kappa shape index (κ2) is 14.0. The van der Waals surface area contributed by atoms with Crippen LogP contribution >= 0.6 is 23.2 Å². The zero-order valence-electron chi connectivity index (χ0n) is 23.4. The van der Waals surface area contributed by atoms with E-state index in [4.69, 9.17) is 32.7 Å². The van der Waals surface area contributed by atoms with E-state index in [1.54, 1.807) is 43.3 Å². The number of rotatable bonds is 11. The molecule has 0 spiro atoms. The number of anilines is 1. The Morgan fingerprint density at radius 2 is 1.71 bits per heavy atom. The fourth-order valence-electron chi connectivity index (χ4n) is 5.18. The molecule has 0 bridgehead atoms. The lowest BCUT2D eigenvalue weighted by atomic mass is 9.95. The molecule has 1 aliphatic carbocycles. The predicted octanol–water partition coefficient (Wildman–Crippen LogP) is 5.18. The number of nitrogens with one attached hydrogen (secondary N) is 1. The van der Waals surface area contributed by atoms with Gasteiger partial charge in [-0.1, -0.05) is 48.5 Å². The van der Waals surface area contributed by atoms with Crippen LogP contribution in [0.3, 0.4) is 0 Å². The number of hydrogen-bond donors (Lipinski definition) is 1. The van der Waals surface area contributed by atoms with Gasteiger partial charge in [0.05, 0.1) is 22.0 Å². The van der Waals surface area contributed by atoms with E-state index in [1.807, 2.05) is 0 Å². The van der Waals surface area contributed by atoms with Gasteiger partial charge in [-0.3, -0.25) is 13.9 Å². The fraction of sp³-hybridized carbons (Fsp3) is 0.517. The van der Waals surface area contributed by atoms with E-state index in [-0.39, 0.29) is 43.8 Å². The lowest BCUT2D eigenvalue weighted by Crippen LogP contribution is -2.50. The fourth-order valence-corrected chi connectivity index (χ4v) is 6.46. The lowest BCUT2D eigenvalue weighted by molar-refractivity contribution is -0.141. The molecule has 2 aliphatic rings. The third-order valence-electron chi connectivity index (χ3n) is 7.42. The first-order valence-electron chi connectivity index (χ1n) is 13.9. The number of sulfonamides is 1. The van der Waals surface area contributed by atoms with Crippen molar-refractivity contribution in [2.45, 2.75) is 70.5 Å². The summed E-state index contributed by atoms with van der Waals surface area (Å²) in [6, 6.07) is 9.45. The van der Waals surface area contributed by atoms with E-state index in [2.05, 4.69) is 5.32 Å². The van der Waals surface area contributed by atoms with Crippen molar-refractivity contribution in [3.05, 3.63) is 52.0 Å². The van der Waals surface area contributed by atoms with Gasteiger partial charge in [-0.15, -0.1) is 0 Å². The topological polar surface area (TPSA) is 105 Å². The Balaban J connectivity index is 1.47. The molecule has 4 rings (SSSR count). The summed E-state index contributed by atoms with van der Waals surface area (Å²) in [5.41, 5.74) is 1.16. The monoisotopic (exact) mass is 625 g/mol. The van der Waals surface area contributed by atoms with Crippen LogP contribution in [-0.4, -0.2) is 63.2 Å². The van der Waals surface area contributed by atoms with Crippen molar-refractivity contribution in [3.63, 3.8) is 0 Å². The molecule has 41 heavy (non-hydrogen) atoms. The first-order chi connectivity index (χ1) is 19.5. The summed E-state index contributed by atoms with van der Waals surface area (Å²) in [6.07, 6.45) is 6.59. The smallest absolute Gasteiger partial charge is 0.242 e. The van der Waals surface area contributed by atoms with Crippen LogP contribution in [-0.2, 0) is 26.2 Å². The largest absolute Gasteiger partial charge is 0.486 e. The van der Waals surface area contributed by atoms with Crippen molar-refractivity contribution in [2.24, 2.45) is 0 Å². The van der Waals surface area contributed by atoms with Gasteiger partial charge >= 0.3 is 0 Å². The normalized spacial score (nSPS) is 16.1. The molecule has 2 aromatic rings. The number of nitrogens with zero attached hydrogens (tertiary/aromatic N) is 2. The van der Waals surface area contributed by atoms with Crippen LogP contribution in [0.1, 0.15) is 57.4 Å². The van der Waals surface area contributed by atoms with E-state index in [0.717, 1.165) is 37.5 Å². The highest BCUT2D eigenvalue weighted by molar-refractivity contribution is 7.92. The number of benzene rings is 2. The zero-order chi connectivity index (χ0) is 29.6. The summed E-state index contributed by atoms with van der Waals surface area (Å²) in [7, 11) is -3.65. The molecule has 1 atom stereocenters. The highest BCUT2D eigenvalue weighted by Crippen LogP contribution is 2.35. The Bertz CT molecular complexity index is 1350. The first kappa shape index (κ1) is 31.3. The van der Waals surface area contributed by atoms with Crippen LogP contribution in [0, 0.1) is 0 Å². The molecule has 0 radical (unpaired) electrons. The molecule has 1 N–H and O–H groups in total. The number of amides is 2. The molecule has 0 saturated heterocycles. The van der Waals surface area contributed by atoms with Gasteiger partial charge in [-0.2, -0.15) is 0 Å². The molecule has 12 heteroatoms. The summed E-state index contributed by atoms with van der Waals surface area (Å²) in [5.74, 6) is 0.559. The molecule has 2 aromatic carbocycles. The average Bonchev–Trinajstić information content (AvgIpc) is 2.95. The lowest BCUT2D eigenvalue weighted by Gasteiger charge is -2.31. The molecule has 9 nitrogen and oxygen atoms in total. The predicted molar refractivity (Wildman–Crippen MR) is 160 cm³/mol. The maximum absolute atomic E-state index is 13.6. The Hall–Kier alpha value is -2.69. The SMILES string of the molecule is C[C@@H](C(=O)NC1CCCCC1)N(Cc1ccc(Cl)c(Cl)c1)C(=O)CCCN(c1ccc2c(c1)OCCO2)S(C)(=O)=O. The maximum atomic E-state index is 13.6. The summed E-state index contributed by atoms with van der Waals surface area (Å²) >= 11 is 12.3. The second-order valence-corrected chi connectivity index (χ2v) is 13.3. The summed E-state index contributed by atoms with van der Waals surface area (Å²) < 4.78 is 37.8. The summed E-state index contributed by atoms with van der Waals surface area (Å²) in [5, 5.41) is 3.87. The van der Waals surface area contributed by atoms with Crippen molar-refractivity contribution < 1.29 is 27.5 Å². The van der Waals surface area contributed by atoms with E-state index in [1.165, 1.54) is 15.6 Å². The minimum Gasteiger partial charge on any atom is -0.486 e. The van der Waals surface area contributed by atoms with Crippen LogP contribution < -0.4 is 19.1 Å². The summed E-state index contributed by atoms with van der Waals surface area (Å²) in [4.78, 5) is 28.3. The quantitative estimate of drug-likeness (QED) is 0.369. The molecule has 224 valence electrons. The van der Waals surface area contributed by atoms with Crippen LogP contribution in [0.5, 0.6) is 11.5 Å². The maximum Gasteiger partial charge on any atom is 0.242 e. The Morgan fingerprint density at radius 1 is 1.00 bits per heavy atom. The Kier molecular flexibility index (Phi) is 10.7. The number of fused-ring (bicyclic) bond motifs is 1. The van der Waals surface area contributed by atoms with Gasteiger partial charge in [0.1, 0.15) is 19.3 Å².